The Kier molecular flexibility index (Phi) is 2.51. The van der Waals surface area contributed by atoms with Crippen molar-refractivity contribution in [1.82, 2.24) is 10.2 Å². The monoisotopic (exact) mass is 243 g/mol. The van der Waals surface area contributed by atoms with Crippen molar-refractivity contribution in [2.75, 3.05) is 5.32 Å². The van der Waals surface area contributed by atoms with Crippen molar-refractivity contribution in [1.29, 1.82) is 0 Å². The fraction of sp³-hybridized carbons (Fsp3) is 0.231. The quantitative estimate of drug-likeness (QED) is 0.843. The fourth-order valence-electron chi connectivity index (χ4n) is 2.00. The minimum Gasteiger partial charge on any atom is -0.480 e. The Morgan fingerprint density at radius 2 is 2.33 bits per heavy atom. The predicted molar refractivity (Wildman–Crippen MR) is 66.5 cm³/mol. The van der Waals surface area contributed by atoms with E-state index in [1.165, 1.54) is 0 Å². The van der Waals surface area contributed by atoms with Gasteiger partial charge in [-0.25, -0.2) is 0 Å². The van der Waals surface area contributed by atoms with Crippen molar-refractivity contribution in [2.24, 2.45) is 0 Å². The lowest BCUT2D eigenvalue weighted by Crippen LogP contribution is -2.31. The maximum atomic E-state index is 12.0. The van der Waals surface area contributed by atoms with E-state index in [0.29, 0.717) is 12.2 Å². The van der Waals surface area contributed by atoms with Crippen molar-refractivity contribution < 1.29 is 9.53 Å². The van der Waals surface area contributed by atoms with Crippen molar-refractivity contribution in [3.8, 4) is 5.75 Å². The highest BCUT2D eigenvalue weighted by molar-refractivity contribution is 5.94. The second kappa shape index (κ2) is 4.18. The second-order valence-corrected chi connectivity index (χ2v) is 4.34. The Morgan fingerprint density at radius 1 is 1.50 bits per heavy atom. The fourth-order valence-corrected chi connectivity index (χ4v) is 2.00. The number of anilines is 1. The van der Waals surface area contributed by atoms with Gasteiger partial charge in [-0.2, -0.15) is 5.10 Å². The summed E-state index contributed by atoms with van der Waals surface area (Å²) in [5.41, 5.74) is 1.97. The van der Waals surface area contributed by atoms with E-state index < -0.39 is 6.10 Å². The number of ether oxygens (including phenoxy) is 1. The van der Waals surface area contributed by atoms with Gasteiger partial charge < -0.3 is 10.1 Å². The molecule has 2 aromatic rings. The van der Waals surface area contributed by atoms with Crippen LogP contribution < -0.4 is 10.1 Å². The molecule has 0 saturated carbocycles. The number of hydrogen-bond donors (Lipinski definition) is 2. The first-order valence-corrected chi connectivity index (χ1v) is 5.79. The lowest BCUT2D eigenvalue weighted by Gasteiger charge is -2.10. The van der Waals surface area contributed by atoms with Gasteiger partial charge in [-0.1, -0.05) is 18.2 Å². The summed E-state index contributed by atoms with van der Waals surface area (Å²) in [6, 6.07) is 7.70. The molecule has 3 rings (SSSR count). The average Bonchev–Trinajstić information content (AvgIpc) is 2.96. The number of nitrogens with one attached hydrogen (secondary N) is 2. The number of amides is 1. The molecule has 92 valence electrons. The zero-order valence-corrected chi connectivity index (χ0v) is 9.93. The van der Waals surface area contributed by atoms with E-state index >= 15 is 0 Å². The topological polar surface area (TPSA) is 67.0 Å². The van der Waals surface area contributed by atoms with E-state index in [1.54, 1.807) is 6.20 Å². The molecule has 1 atom stereocenters. The molecular weight excluding hydrogens is 230 g/mol. The predicted octanol–water partition coefficient (Wildman–Crippen LogP) is 1.66. The van der Waals surface area contributed by atoms with Crippen LogP contribution in [-0.2, 0) is 11.2 Å². The summed E-state index contributed by atoms with van der Waals surface area (Å²) in [5.74, 6) is 1.26. The molecule has 2 heterocycles. The Bertz CT molecular complexity index is 566. The Balaban J connectivity index is 1.71. The summed E-state index contributed by atoms with van der Waals surface area (Å²) in [5, 5.41) is 9.39. The van der Waals surface area contributed by atoms with Crippen LogP contribution in [0, 0.1) is 6.92 Å². The molecule has 0 fully saturated rings. The van der Waals surface area contributed by atoms with E-state index in [0.717, 1.165) is 16.9 Å². The standard InChI is InChI=1S/C13H13N3O2/c1-8-7-14-16-12(8)15-13(17)11-6-9-4-2-3-5-10(9)18-11/h2-5,7,11H,6H2,1H3,(H2,14,15,16,17). The second-order valence-electron chi connectivity index (χ2n) is 4.34. The highest BCUT2D eigenvalue weighted by Crippen LogP contribution is 2.28. The van der Waals surface area contributed by atoms with Crippen LogP contribution in [0.15, 0.2) is 30.5 Å². The molecule has 0 aliphatic carbocycles. The van der Waals surface area contributed by atoms with Crippen molar-refractivity contribution in [2.45, 2.75) is 19.4 Å². The highest BCUT2D eigenvalue weighted by Gasteiger charge is 2.29. The van der Waals surface area contributed by atoms with Gasteiger partial charge in [0.2, 0.25) is 0 Å². The van der Waals surface area contributed by atoms with Gasteiger partial charge in [-0.15, -0.1) is 0 Å². The molecule has 1 aliphatic heterocycles. The number of hydrogen-bond acceptors (Lipinski definition) is 3. The summed E-state index contributed by atoms with van der Waals surface area (Å²) in [7, 11) is 0. The average molecular weight is 243 g/mol. The van der Waals surface area contributed by atoms with Gasteiger partial charge in [-0.05, 0) is 18.6 Å². The Morgan fingerprint density at radius 3 is 3.06 bits per heavy atom. The van der Waals surface area contributed by atoms with E-state index in [4.69, 9.17) is 4.74 Å². The first-order valence-electron chi connectivity index (χ1n) is 5.79. The van der Waals surface area contributed by atoms with Crippen LogP contribution in [0.5, 0.6) is 5.75 Å². The van der Waals surface area contributed by atoms with Gasteiger partial charge >= 0.3 is 0 Å². The number of carbonyl (C=O) groups excluding carboxylic acids is 1. The number of nitrogens with zero attached hydrogens (tertiary/aromatic N) is 1. The minimum atomic E-state index is -0.468. The lowest BCUT2D eigenvalue weighted by molar-refractivity contribution is -0.122. The maximum absolute atomic E-state index is 12.0. The van der Waals surface area contributed by atoms with Crippen LogP contribution in [0.1, 0.15) is 11.1 Å². The summed E-state index contributed by atoms with van der Waals surface area (Å²) in [6.07, 6.45) is 1.81. The van der Waals surface area contributed by atoms with Gasteiger partial charge in [-0.3, -0.25) is 9.89 Å². The summed E-state index contributed by atoms with van der Waals surface area (Å²) >= 11 is 0. The van der Waals surface area contributed by atoms with Gasteiger partial charge in [0, 0.05) is 12.0 Å². The number of benzene rings is 1. The van der Waals surface area contributed by atoms with Gasteiger partial charge in [0.1, 0.15) is 11.6 Å². The molecule has 0 bridgehead atoms. The zero-order valence-electron chi connectivity index (χ0n) is 9.93. The van der Waals surface area contributed by atoms with Crippen molar-refractivity contribution >= 4 is 11.7 Å². The number of H-pyrrole nitrogens is 1. The Hall–Kier alpha value is -2.30. The number of rotatable bonds is 2. The first-order chi connectivity index (χ1) is 8.74. The number of aromatic nitrogens is 2. The number of para-hydroxylation sites is 1. The lowest BCUT2D eigenvalue weighted by atomic mass is 10.1. The maximum Gasteiger partial charge on any atom is 0.266 e. The molecule has 0 saturated heterocycles. The number of aromatic amines is 1. The van der Waals surface area contributed by atoms with Crippen molar-refractivity contribution in [3.05, 3.63) is 41.6 Å². The van der Waals surface area contributed by atoms with Crippen LogP contribution >= 0.6 is 0 Å². The molecule has 5 nitrogen and oxygen atoms in total. The number of aryl methyl sites for hydroxylation is 1. The largest absolute Gasteiger partial charge is 0.480 e. The van der Waals surface area contributed by atoms with Crippen LogP contribution in [-0.4, -0.2) is 22.2 Å². The van der Waals surface area contributed by atoms with E-state index in [1.807, 2.05) is 31.2 Å². The van der Waals surface area contributed by atoms with Crippen molar-refractivity contribution in [3.63, 3.8) is 0 Å². The normalized spacial score (nSPS) is 17.1. The third kappa shape index (κ3) is 1.84. The van der Waals surface area contributed by atoms with E-state index in [2.05, 4.69) is 15.5 Å². The molecule has 2 N–H and O–H groups in total. The number of fused-ring (bicyclic) bond motifs is 1. The third-order valence-electron chi connectivity index (χ3n) is 3.02. The smallest absolute Gasteiger partial charge is 0.266 e. The number of carbonyl (C=O) groups is 1. The molecule has 0 spiro atoms. The zero-order chi connectivity index (χ0) is 12.5. The van der Waals surface area contributed by atoms with E-state index in [-0.39, 0.29) is 5.91 Å². The van der Waals surface area contributed by atoms with Crippen LogP contribution in [0.3, 0.4) is 0 Å². The minimum absolute atomic E-state index is 0.154. The molecule has 5 heteroatoms. The van der Waals surface area contributed by atoms with E-state index in [9.17, 15) is 4.79 Å². The summed E-state index contributed by atoms with van der Waals surface area (Å²) < 4.78 is 5.61. The summed E-state index contributed by atoms with van der Waals surface area (Å²) in [6.45, 7) is 1.88. The SMILES string of the molecule is Cc1cn[nH]c1NC(=O)C1Cc2ccccc2O1. The van der Waals surface area contributed by atoms with Crippen LogP contribution in [0.25, 0.3) is 0 Å². The van der Waals surface area contributed by atoms with Crippen LogP contribution in [0.2, 0.25) is 0 Å². The summed E-state index contributed by atoms with van der Waals surface area (Å²) in [4.78, 5) is 12.0. The van der Waals surface area contributed by atoms with Crippen LogP contribution in [0.4, 0.5) is 5.82 Å². The molecule has 1 aromatic carbocycles. The Labute approximate surface area is 104 Å². The molecule has 1 unspecified atom stereocenters. The highest BCUT2D eigenvalue weighted by atomic mass is 16.5. The molecule has 1 amide bonds. The molecule has 18 heavy (non-hydrogen) atoms. The van der Waals surface area contributed by atoms with Gasteiger partial charge in [0.15, 0.2) is 6.10 Å². The molecule has 1 aliphatic rings. The van der Waals surface area contributed by atoms with Gasteiger partial charge in [0.25, 0.3) is 5.91 Å². The van der Waals surface area contributed by atoms with Gasteiger partial charge in [0.05, 0.1) is 6.20 Å². The molecule has 1 aromatic heterocycles. The first kappa shape index (κ1) is 10.8. The third-order valence-corrected chi connectivity index (χ3v) is 3.02. The molecule has 0 radical (unpaired) electrons. The molecular formula is C13H13N3O2.